The number of aromatic nitrogens is 2. The maximum absolute atomic E-state index is 11.5. The Balaban J connectivity index is 2.15. The molecule has 20 heavy (non-hydrogen) atoms. The van der Waals surface area contributed by atoms with Crippen molar-refractivity contribution in [2.24, 2.45) is 5.41 Å². The summed E-state index contributed by atoms with van der Waals surface area (Å²) in [6.45, 7) is 6.92. The fraction of sp³-hybridized carbons (Fsp3) is 0.643. The Morgan fingerprint density at radius 3 is 2.85 bits per heavy atom. The summed E-state index contributed by atoms with van der Waals surface area (Å²) < 4.78 is 5.52. The lowest BCUT2D eigenvalue weighted by Crippen LogP contribution is -2.34. The SMILES string of the molecule is CCC1(C(=O)O)CCN(c2cncc(OC(C)C)n2)C1. The summed E-state index contributed by atoms with van der Waals surface area (Å²) in [5, 5.41) is 9.41. The Hall–Kier alpha value is -1.85. The van der Waals surface area contributed by atoms with Crippen LogP contribution in [0.5, 0.6) is 5.88 Å². The van der Waals surface area contributed by atoms with E-state index < -0.39 is 11.4 Å². The standard InChI is InChI=1S/C14H21N3O3/c1-4-14(13(18)19)5-6-17(9-14)11-7-15-8-12(16-11)20-10(2)3/h7-8,10H,4-6,9H2,1-3H3,(H,18,19). The van der Waals surface area contributed by atoms with Crippen LogP contribution in [-0.4, -0.2) is 40.2 Å². The molecule has 1 aliphatic heterocycles. The van der Waals surface area contributed by atoms with E-state index in [9.17, 15) is 9.90 Å². The maximum atomic E-state index is 11.5. The maximum Gasteiger partial charge on any atom is 0.311 e. The summed E-state index contributed by atoms with van der Waals surface area (Å²) in [5.74, 6) is 0.423. The van der Waals surface area contributed by atoms with Crippen LogP contribution in [0.1, 0.15) is 33.6 Å². The minimum absolute atomic E-state index is 0.0341. The molecule has 1 fully saturated rings. The molecule has 6 heteroatoms. The largest absolute Gasteiger partial charge is 0.481 e. The van der Waals surface area contributed by atoms with E-state index in [1.807, 2.05) is 25.7 Å². The van der Waals surface area contributed by atoms with Gasteiger partial charge in [0.15, 0.2) is 5.82 Å². The molecule has 1 aromatic rings. The van der Waals surface area contributed by atoms with Crippen molar-refractivity contribution in [1.29, 1.82) is 0 Å². The van der Waals surface area contributed by atoms with Gasteiger partial charge in [0.05, 0.1) is 23.9 Å². The molecular formula is C14H21N3O3. The quantitative estimate of drug-likeness (QED) is 0.888. The summed E-state index contributed by atoms with van der Waals surface area (Å²) >= 11 is 0. The fourth-order valence-electron chi connectivity index (χ4n) is 2.47. The molecule has 0 amide bonds. The lowest BCUT2D eigenvalue weighted by Gasteiger charge is -2.23. The topological polar surface area (TPSA) is 75.5 Å². The second kappa shape index (κ2) is 5.64. The van der Waals surface area contributed by atoms with Crippen LogP contribution in [0.15, 0.2) is 12.4 Å². The van der Waals surface area contributed by atoms with Crippen molar-refractivity contribution in [3.8, 4) is 5.88 Å². The molecule has 1 aliphatic rings. The molecule has 0 spiro atoms. The van der Waals surface area contributed by atoms with Gasteiger partial charge in [-0.3, -0.25) is 9.78 Å². The van der Waals surface area contributed by atoms with Crippen molar-refractivity contribution in [2.75, 3.05) is 18.0 Å². The van der Waals surface area contributed by atoms with Gasteiger partial charge in [-0.1, -0.05) is 6.92 Å². The summed E-state index contributed by atoms with van der Waals surface area (Å²) in [5.41, 5.74) is -0.670. The van der Waals surface area contributed by atoms with E-state index in [0.717, 1.165) is 0 Å². The summed E-state index contributed by atoms with van der Waals surface area (Å²) in [4.78, 5) is 22.0. The number of hydrogen-bond donors (Lipinski definition) is 1. The van der Waals surface area contributed by atoms with E-state index >= 15 is 0 Å². The van der Waals surface area contributed by atoms with Gasteiger partial charge in [-0.05, 0) is 26.7 Å². The Morgan fingerprint density at radius 1 is 1.55 bits per heavy atom. The summed E-state index contributed by atoms with van der Waals surface area (Å²) in [6, 6.07) is 0. The third-order valence-electron chi connectivity index (χ3n) is 3.76. The smallest absolute Gasteiger partial charge is 0.311 e. The van der Waals surface area contributed by atoms with Crippen molar-refractivity contribution in [1.82, 2.24) is 9.97 Å². The average molecular weight is 279 g/mol. The van der Waals surface area contributed by atoms with Crippen LogP contribution in [0.25, 0.3) is 0 Å². The molecule has 2 rings (SSSR count). The number of hydrogen-bond acceptors (Lipinski definition) is 5. The highest BCUT2D eigenvalue weighted by atomic mass is 16.5. The Labute approximate surface area is 118 Å². The van der Waals surface area contributed by atoms with Crippen molar-refractivity contribution >= 4 is 11.8 Å². The van der Waals surface area contributed by atoms with Gasteiger partial charge in [0.2, 0.25) is 5.88 Å². The van der Waals surface area contributed by atoms with Crippen molar-refractivity contribution in [3.63, 3.8) is 0 Å². The average Bonchev–Trinajstić information content (AvgIpc) is 2.84. The molecule has 1 unspecified atom stereocenters. The van der Waals surface area contributed by atoms with Crippen molar-refractivity contribution in [3.05, 3.63) is 12.4 Å². The lowest BCUT2D eigenvalue weighted by atomic mass is 9.84. The molecule has 110 valence electrons. The van der Waals surface area contributed by atoms with Gasteiger partial charge in [0.1, 0.15) is 0 Å². The van der Waals surface area contributed by atoms with E-state index in [0.29, 0.717) is 37.6 Å². The molecule has 6 nitrogen and oxygen atoms in total. The van der Waals surface area contributed by atoms with Gasteiger partial charge in [0, 0.05) is 13.1 Å². The second-order valence-electron chi connectivity index (χ2n) is 5.49. The first kappa shape index (κ1) is 14.6. The number of nitrogens with zero attached hydrogens (tertiary/aromatic N) is 3. The summed E-state index contributed by atoms with van der Waals surface area (Å²) in [6.07, 6.45) is 4.52. The first-order valence-corrected chi connectivity index (χ1v) is 6.94. The van der Waals surface area contributed by atoms with Gasteiger partial charge in [-0.2, -0.15) is 4.98 Å². The molecule has 0 radical (unpaired) electrons. The summed E-state index contributed by atoms with van der Waals surface area (Å²) in [7, 11) is 0. The van der Waals surface area contributed by atoms with Crippen LogP contribution in [-0.2, 0) is 4.79 Å². The molecule has 2 heterocycles. The molecule has 1 saturated heterocycles. The number of carboxylic acids is 1. The van der Waals surface area contributed by atoms with E-state index in [1.165, 1.54) is 0 Å². The number of carboxylic acid groups (broad SMARTS) is 1. The number of anilines is 1. The van der Waals surface area contributed by atoms with Crippen LogP contribution in [0, 0.1) is 5.41 Å². The van der Waals surface area contributed by atoms with Crippen LogP contribution in [0.3, 0.4) is 0 Å². The molecule has 1 N–H and O–H groups in total. The van der Waals surface area contributed by atoms with E-state index in [1.54, 1.807) is 12.4 Å². The highest BCUT2D eigenvalue weighted by Gasteiger charge is 2.43. The predicted octanol–water partition coefficient (Wildman–Crippen LogP) is 1.95. The van der Waals surface area contributed by atoms with Gasteiger partial charge in [-0.25, -0.2) is 0 Å². The van der Waals surface area contributed by atoms with E-state index in [-0.39, 0.29) is 6.10 Å². The third-order valence-corrected chi connectivity index (χ3v) is 3.76. The van der Waals surface area contributed by atoms with Crippen molar-refractivity contribution in [2.45, 2.75) is 39.7 Å². The molecular weight excluding hydrogens is 258 g/mol. The van der Waals surface area contributed by atoms with Crippen LogP contribution < -0.4 is 9.64 Å². The normalized spacial score (nSPS) is 22.3. The lowest BCUT2D eigenvalue weighted by molar-refractivity contribution is -0.147. The molecule has 1 atom stereocenters. The molecule has 0 aromatic carbocycles. The molecule has 0 bridgehead atoms. The fourth-order valence-corrected chi connectivity index (χ4v) is 2.47. The number of ether oxygens (including phenoxy) is 1. The van der Waals surface area contributed by atoms with Gasteiger partial charge >= 0.3 is 5.97 Å². The monoisotopic (exact) mass is 279 g/mol. The zero-order valence-electron chi connectivity index (χ0n) is 12.2. The van der Waals surface area contributed by atoms with Gasteiger partial charge in [0.25, 0.3) is 0 Å². The Kier molecular flexibility index (Phi) is 4.11. The number of aliphatic carboxylic acids is 1. The molecule has 0 saturated carbocycles. The third kappa shape index (κ3) is 2.84. The minimum atomic E-state index is -0.731. The highest BCUT2D eigenvalue weighted by Crippen LogP contribution is 2.36. The zero-order valence-corrected chi connectivity index (χ0v) is 12.2. The van der Waals surface area contributed by atoms with Crippen LogP contribution in [0.2, 0.25) is 0 Å². The number of rotatable bonds is 5. The van der Waals surface area contributed by atoms with E-state index in [4.69, 9.17) is 4.74 Å². The second-order valence-corrected chi connectivity index (χ2v) is 5.49. The van der Waals surface area contributed by atoms with Crippen molar-refractivity contribution < 1.29 is 14.6 Å². The van der Waals surface area contributed by atoms with Crippen LogP contribution in [0.4, 0.5) is 5.82 Å². The predicted molar refractivity (Wildman–Crippen MR) is 75.0 cm³/mol. The number of carbonyl (C=O) groups is 1. The highest BCUT2D eigenvalue weighted by molar-refractivity contribution is 5.76. The van der Waals surface area contributed by atoms with Crippen LogP contribution >= 0.6 is 0 Å². The first-order chi connectivity index (χ1) is 9.47. The van der Waals surface area contributed by atoms with Gasteiger partial charge in [-0.15, -0.1) is 0 Å². The zero-order chi connectivity index (χ0) is 14.8. The first-order valence-electron chi connectivity index (χ1n) is 6.94. The molecule has 0 aliphatic carbocycles. The van der Waals surface area contributed by atoms with E-state index in [2.05, 4.69) is 9.97 Å². The van der Waals surface area contributed by atoms with Gasteiger partial charge < -0.3 is 14.7 Å². The Bertz CT molecular complexity index is 492. The Morgan fingerprint density at radius 2 is 2.30 bits per heavy atom. The minimum Gasteiger partial charge on any atom is -0.481 e. The molecule has 1 aromatic heterocycles.